The minimum atomic E-state index is -1.88. The molecule has 7 nitrogen and oxygen atoms in total. The normalized spacial score (nSPS) is 22.1. The van der Waals surface area contributed by atoms with E-state index in [0.29, 0.717) is 17.9 Å². The molecule has 0 spiro atoms. The molecule has 31 heavy (non-hydrogen) atoms. The molecule has 2 fully saturated rings. The van der Waals surface area contributed by atoms with Crippen LogP contribution in [-0.4, -0.2) is 58.7 Å². The maximum Gasteiger partial charge on any atom is 0.414 e. The van der Waals surface area contributed by atoms with Crippen LogP contribution in [0.15, 0.2) is 18.2 Å². The van der Waals surface area contributed by atoms with E-state index in [1.54, 1.807) is 12.1 Å². The van der Waals surface area contributed by atoms with Gasteiger partial charge >= 0.3 is 6.09 Å². The molecule has 1 aromatic carbocycles. The molecule has 2 atom stereocenters. The average molecular weight is 452 g/mol. The van der Waals surface area contributed by atoms with E-state index < -0.39 is 14.4 Å². The Morgan fingerprint density at radius 1 is 1.35 bits per heavy atom. The molecule has 1 aromatic rings. The Bertz CT molecular complexity index is 843. The summed E-state index contributed by atoms with van der Waals surface area (Å²) < 4.78 is 26.7. The topological polar surface area (TPSA) is 71.1 Å². The van der Waals surface area contributed by atoms with Crippen LogP contribution in [0.25, 0.3) is 0 Å². The van der Waals surface area contributed by atoms with Crippen LogP contribution >= 0.6 is 0 Å². The predicted molar refractivity (Wildman–Crippen MR) is 122 cm³/mol. The van der Waals surface area contributed by atoms with Gasteiger partial charge in [-0.15, -0.1) is 0 Å². The number of nitrogens with one attached hydrogen (secondary N) is 1. The lowest BCUT2D eigenvalue weighted by Gasteiger charge is -2.38. The molecular weight excluding hydrogens is 417 g/mol. The number of cyclic esters (lactones) is 1. The van der Waals surface area contributed by atoms with E-state index in [-0.39, 0.29) is 42.1 Å². The third-order valence-electron chi connectivity index (χ3n) is 6.51. The zero-order valence-corrected chi connectivity index (χ0v) is 20.3. The van der Waals surface area contributed by atoms with Gasteiger partial charge in [0.15, 0.2) is 8.32 Å². The number of hydrogen-bond acceptors (Lipinski definition) is 5. The quantitative estimate of drug-likeness (QED) is 0.665. The number of carbonyl (C=O) groups excluding carboxylic acids is 2. The van der Waals surface area contributed by atoms with Gasteiger partial charge in [0.05, 0.1) is 23.5 Å². The molecule has 0 aliphatic carbocycles. The van der Waals surface area contributed by atoms with Gasteiger partial charge in [0, 0.05) is 26.6 Å². The van der Waals surface area contributed by atoms with E-state index in [9.17, 15) is 9.59 Å². The maximum absolute atomic E-state index is 15.1. The molecule has 0 bridgehead atoms. The van der Waals surface area contributed by atoms with Gasteiger partial charge < -0.3 is 19.4 Å². The van der Waals surface area contributed by atoms with Crippen molar-refractivity contribution in [1.29, 1.82) is 0 Å². The van der Waals surface area contributed by atoms with Crippen molar-refractivity contribution in [3.05, 3.63) is 24.0 Å². The maximum atomic E-state index is 15.1. The van der Waals surface area contributed by atoms with E-state index in [0.717, 1.165) is 13.0 Å². The van der Waals surface area contributed by atoms with Gasteiger partial charge in [-0.05, 0) is 42.8 Å². The number of nitrogens with zero attached hydrogens (tertiary/aromatic N) is 2. The fourth-order valence-electron chi connectivity index (χ4n) is 3.73. The van der Waals surface area contributed by atoms with Crippen molar-refractivity contribution in [2.24, 2.45) is 0 Å². The monoisotopic (exact) mass is 451 g/mol. The number of carbonyl (C=O) groups is 2. The SMILES string of the molecule is CC(=O)NCC1COC(=O)N1c1ccc(N2CC[C@H](O[Si](C)(C)C(C)(C)C)C2)c(F)c1. The number of halogens is 1. The largest absolute Gasteiger partial charge is 0.447 e. The molecule has 2 saturated heterocycles. The lowest BCUT2D eigenvalue weighted by atomic mass is 10.2. The summed E-state index contributed by atoms with van der Waals surface area (Å²) in [7, 11) is -1.88. The molecule has 3 rings (SSSR count). The number of anilines is 2. The second-order valence-electron chi connectivity index (χ2n) is 9.91. The Labute approximate surface area is 185 Å². The van der Waals surface area contributed by atoms with Crippen molar-refractivity contribution in [3.8, 4) is 0 Å². The van der Waals surface area contributed by atoms with Gasteiger partial charge in [-0.2, -0.15) is 0 Å². The summed E-state index contributed by atoms with van der Waals surface area (Å²) in [5.41, 5.74) is 0.934. The molecule has 172 valence electrons. The zero-order chi connectivity index (χ0) is 23.0. The summed E-state index contributed by atoms with van der Waals surface area (Å²) >= 11 is 0. The van der Waals surface area contributed by atoms with E-state index in [1.807, 2.05) is 4.90 Å². The van der Waals surface area contributed by atoms with Crippen molar-refractivity contribution in [1.82, 2.24) is 5.32 Å². The Balaban J connectivity index is 1.70. The number of rotatable bonds is 6. The van der Waals surface area contributed by atoms with Gasteiger partial charge in [0.25, 0.3) is 0 Å². The van der Waals surface area contributed by atoms with Gasteiger partial charge in [0.1, 0.15) is 12.4 Å². The van der Waals surface area contributed by atoms with Gasteiger partial charge in [0.2, 0.25) is 5.91 Å². The molecule has 2 aliphatic heterocycles. The van der Waals surface area contributed by atoms with Crippen LogP contribution in [0.4, 0.5) is 20.6 Å². The molecule has 2 amide bonds. The van der Waals surface area contributed by atoms with Crippen LogP contribution in [0, 0.1) is 5.82 Å². The first kappa shape index (κ1) is 23.5. The van der Waals surface area contributed by atoms with Crippen molar-refractivity contribution in [3.63, 3.8) is 0 Å². The van der Waals surface area contributed by atoms with Crippen molar-refractivity contribution in [2.45, 2.75) is 64.4 Å². The molecule has 2 heterocycles. The Hall–Kier alpha value is -2.13. The highest BCUT2D eigenvalue weighted by Gasteiger charge is 2.41. The van der Waals surface area contributed by atoms with Crippen LogP contribution in [0.3, 0.4) is 0 Å². The van der Waals surface area contributed by atoms with Crippen LogP contribution in [0.5, 0.6) is 0 Å². The summed E-state index contributed by atoms with van der Waals surface area (Å²) in [6, 6.07) is 4.44. The van der Waals surface area contributed by atoms with Crippen LogP contribution in [0.1, 0.15) is 34.1 Å². The van der Waals surface area contributed by atoms with E-state index >= 15 is 4.39 Å². The third-order valence-corrected chi connectivity index (χ3v) is 11.0. The summed E-state index contributed by atoms with van der Waals surface area (Å²) in [6.45, 7) is 14.3. The predicted octanol–water partition coefficient (Wildman–Crippen LogP) is 3.89. The number of benzene rings is 1. The standard InChI is InChI=1S/C22H34FN3O4Si/c1-15(27)24-12-17-14-29-21(28)26(17)16-7-8-20(19(23)11-16)25-10-9-18(13-25)30-31(5,6)22(2,3)4/h7-8,11,17-18H,9-10,12-14H2,1-6H3,(H,24,27)/t17?,18-/m0/s1. The van der Waals surface area contributed by atoms with E-state index in [1.165, 1.54) is 17.9 Å². The minimum Gasteiger partial charge on any atom is -0.447 e. The lowest BCUT2D eigenvalue weighted by Crippen LogP contribution is -2.44. The van der Waals surface area contributed by atoms with Crippen molar-refractivity contribution >= 4 is 31.7 Å². The molecule has 0 radical (unpaired) electrons. The lowest BCUT2D eigenvalue weighted by molar-refractivity contribution is -0.119. The second-order valence-corrected chi connectivity index (χ2v) is 14.7. The molecule has 0 aromatic heterocycles. The summed E-state index contributed by atoms with van der Waals surface area (Å²) in [5.74, 6) is -0.576. The van der Waals surface area contributed by atoms with Gasteiger partial charge in [-0.3, -0.25) is 9.69 Å². The average Bonchev–Trinajstić information content (AvgIpc) is 3.25. The van der Waals surface area contributed by atoms with Crippen molar-refractivity contribution in [2.75, 3.05) is 36.0 Å². The fraction of sp³-hybridized carbons (Fsp3) is 0.636. The highest BCUT2D eigenvalue weighted by molar-refractivity contribution is 6.74. The summed E-state index contributed by atoms with van der Waals surface area (Å²) in [6.07, 6.45) is 0.423. The van der Waals surface area contributed by atoms with Crippen molar-refractivity contribution < 1.29 is 23.1 Å². The molecule has 2 aliphatic rings. The van der Waals surface area contributed by atoms with Crippen LogP contribution in [-0.2, 0) is 14.0 Å². The molecule has 1 unspecified atom stereocenters. The molecular formula is C22H34FN3O4Si. The zero-order valence-electron chi connectivity index (χ0n) is 19.3. The first-order valence-corrected chi connectivity index (χ1v) is 13.7. The molecule has 0 saturated carbocycles. The number of ether oxygens (including phenoxy) is 1. The fourth-order valence-corrected chi connectivity index (χ4v) is 5.11. The third kappa shape index (κ3) is 5.20. The van der Waals surface area contributed by atoms with Crippen LogP contribution in [0.2, 0.25) is 18.1 Å². The van der Waals surface area contributed by atoms with E-state index in [4.69, 9.17) is 9.16 Å². The van der Waals surface area contributed by atoms with Gasteiger partial charge in [-0.25, -0.2) is 9.18 Å². The highest BCUT2D eigenvalue weighted by atomic mass is 28.4. The van der Waals surface area contributed by atoms with Crippen LogP contribution < -0.4 is 15.1 Å². The van der Waals surface area contributed by atoms with E-state index in [2.05, 4.69) is 39.2 Å². The Morgan fingerprint density at radius 3 is 2.68 bits per heavy atom. The second kappa shape index (κ2) is 8.78. The first-order valence-electron chi connectivity index (χ1n) is 10.8. The summed E-state index contributed by atoms with van der Waals surface area (Å²) in [4.78, 5) is 26.8. The highest BCUT2D eigenvalue weighted by Crippen LogP contribution is 2.39. The molecule has 9 heteroatoms. The summed E-state index contributed by atoms with van der Waals surface area (Å²) in [5, 5.41) is 2.82. The van der Waals surface area contributed by atoms with Gasteiger partial charge in [-0.1, -0.05) is 20.8 Å². The first-order chi connectivity index (χ1) is 14.4. The minimum absolute atomic E-state index is 0.0931. The Kier molecular flexibility index (Phi) is 6.66. The number of amides is 2. The Morgan fingerprint density at radius 2 is 2.06 bits per heavy atom. The smallest absolute Gasteiger partial charge is 0.414 e. The molecule has 1 N–H and O–H groups in total. The number of hydrogen-bond donors (Lipinski definition) is 1.